The van der Waals surface area contributed by atoms with Gasteiger partial charge in [0.05, 0.1) is 0 Å². The van der Waals surface area contributed by atoms with E-state index in [0.29, 0.717) is 0 Å². The van der Waals surface area contributed by atoms with Crippen molar-refractivity contribution in [3.63, 3.8) is 0 Å². The molecule has 3 rings (SSSR count). The third-order valence-electron chi connectivity index (χ3n) is 3.67. The Morgan fingerprint density at radius 3 is 2.94 bits per heavy atom. The van der Waals surface area contributed by atoms with Gasteiger partial charge in [-0.15, -0.1) is 0 Å². The molecule has 0 radical (unpaired) electrons. The van der Waals surface area contributed by atoms with Crippen LogP contribution in [0.2, 0.25) is 0 Å². The molecule has 0 unspecified atom stereocenters. The van der Waals surface area contributed by atoms with Crippen LogP contribution >= 0.6 is 0 Å². The van der Waals surface area contributed by atoms with E-state index in [4.69, 9.17) is 4.74 Å². The number of hydrogen-bond donors (Lipinski definition) is 0. The number of anilines is 1. The fourth-order valence-corrected chi connectivity index (χ4v) is 2.88. The topological polar surface area (TPSA) is 29.5 Å². The molecule has 2 aliphatic heterocycles. The number of ether oxygens (including phenoxy) is 1. The zero-order valence-corrected chi connectivity index (χ0v) is 10.1. The summed E-state index contributed by atoms with van der Waals surface area (Å²) < 4.78 is 5.26. The molecule has 2 atom stereocenters. The van der Waals surface area contributed by atoms with Crippen molar-refractivity contribution in [2.45, 2.75) is 38.3 Å². The van der Waals surface area contributed by atoms with Crippen molar-refractivity contribution in [1.29, 1.82) is 0 Å². The molecule has 2 aliphatic rings. The highest BCUT2D eigenvalue weighted by Crippen LogP contribution is 2.32. The maximum absolute atomic E-state index is 11.8. The van der Waals surface area contributed by atoms with Gasteiger partial charge in [-0.2, -0.15) is 0 Å². The van der Waals surface area contributed by atoms with Crippen LogP contribution in [-0.4, -0.2) is 24.7 Å². The number of para-hydroxylation sites is 1. The fourth-order valence-electron chi connectivity index (χ4n) is 2.88. The van der Waals surface area contributed by atoms with Crippen molar-refractivity contribution in [2.24, 2.45) is 0 Å². The SMILES string of the molecule is C[C@H]1C[C@@H](N2CCCc3ccccc32)C(=O)O1. The summed E-state index contributed by atoms with van der Waals surface area (Å²) >= 11 is 0. The summed E-state index contributed by atoms with van der Waals surface area (Å²) in [7, 11) is 0. The first-order valence-electron chi connectivity index (χ1n) is 6.31. The average Bonchev–Trinajstić information content (AvgIpc) is 2.68. The number of esters is 1. The number of carbonyl (C=O) groups is 1. The van der Waals surface area contributed by atoms with Crippen LogP contribution in [0.4, 0.5) is 5.69 Å². The predicted octanol–water partition coefficient (Wildman–Crippen LogP) is 2.14. The molecular weight excluding hydrogens is 214 g/mol. The number of rotatable bonds is 1. The van der Waals surface area contributed by atoms with E-state index in [9.17, 15) is 4.79 Å². The fraction of sp³-hybridized carbons (Fsp3) is 0.500. The van der Waals surface area contributed by atoms with Crippen LogP contribution in [0.25, 0.3) is 0 Å². The molecule has 0 aromatic heterocycles. The van der Waals surface area contributed by atoms with Gasteiger partial charge in [0, 0.05) is 18.7 Å². The molecule has 0 aliphatic carbocycles. The molecule has 3 nitrogen and oxygen atoms in total. The Morgan fingerprint density at radius 2 is 2.18 bits per heavy atom. The summed E-state index contributed by atoms with van der Waals surface area (Å²) in [5.74, 6) is -0.0609. The molecule has 0 amide bonds. The first kappa shape index (κ1) is 10.6. The zero-order chi connectivity index (χ0) is 11.8. The molecular formula is C14H17NO2. The van der Waals surface area contributed by atoms with E-state index < -0.39 is 0 Å². The van der Waals surface area contributed by atoms with Gasteiger partial charge in [-0.05, 0) is 31.4 Å². The van der Waals surface area contributed by atoms with Crippen molar-refractivity contribution in [3.05, 3.63) is 29.8 Å². The molecule has 1 fully saturated rings. The third-order valence-corrected chi connectivity index (χ3v) is 3.67. The summed E-state index contributed by atoms with van der Waals surface area (Å²) in [6.07, 6.45) is 3.10. The van der Waals surface area contributed by atoms with Crippen molar-refractivity contribution < 1.29 is 9.53 Å². The van der Waals surface area contributed by atoms with Crippen molar-refractivity contribution in [1.82, 2.24) is 0 Å². The largest absolute Gasteiger partial charge is 0.461 e. The summed E-state index contributed by atoms with van der Waals surface area (Å²) in [6.45, 7) is 2.93. The van der Waals surface area contributed by atoms with E-state index in [1.807, 2.05) is 13.0 Å². The number of benzene rings is 1. The van der Waals surface area contributed by atoms with E-state index in [1.165, 1.54) is 11.3 Å². The van der Waals surface area contributed by atoms with Crippen molar-refractivity contribution >= 4 is 11.7 Å². The van der Waals surface area contributed by atoms with Gasteiger partial charge in [-0.3, -0.25) is 0 Å². The van der Waals surface area contributed by atoms with Crippen LogP contribution in [0.15, 0.2) is 24.3 Å². The smallest absolute Gasteiger partial charge is 0.329 e. The van der Waals surface area contributed by atoms with Crippen molar-refractivity contribution in [2.75, 3.05) is 11.4 Å². The summed E-state index contributed by atoms with van der Waals surface area (Å²) in [5.41, 5.74) is 2.57. The normalized spacial score (nSPS) is 27.8. The van der Waals surface area contributed by atoms with Gasteiger partial charge in [-0.1, -0.05) is 18.2 Å². The van der Waals surface area contributed by atoms with Gasteiger partial charge in [0.1, 0.15) is 12.1 Å². The van der Waals surface area contributed by atoms with E-state index in [0.717, 1.165) is 25.8 Å². The monoisotopic (exact) mass is 231 g/mol. The molecule has 2 heterocycles. The highest BCUT2D eigenvalue weighted by molar-refractivity contribution is 5.82. The second-order valence-electron chi connectivity index (χ2n) is 4.92. The maximum Gasteiger partial charge on any atom is 0.329 e. The highest BCUT2D eigenvalue weighted by Gasteiger charge is 2.37. The Labute approximate surface area is 101 Å². The number of aryl methyl sites for hydroxylation is 1. The Balaban J connectivity index is 1.93. The van der Waals surface area contributed by atoms with Crippen LogP contribution in [0.3, 0.4) is 0 Å². The maximum atomic E-state index is 11.8. The van der Waals surface area contributed by atoms with Gasteiger partial charge >= 0.3 is 5.97 Å². The summed E-state index contributed by atoms with van der Waals surface area (Å²) in [5, 5.41) is 0. The quantitative estimate of drug-likeness (QED) is 0.693. The third kappa shape index (κ3) is 1.79. The lowest BCUT2D eigenvalue weighted by Gasteiger charge is -2.34. The molecule has 90 valence electrons. The summed E-state index contributed by atoms with van der Waals surface area (Å²) in [6, 6.07) is 8.31. The molecule has 1 aromatic rings. The molecule has 1 aromatic carbocycles. The average molecular weight is 231 g/mol. The van der Waals surface area contributed by atoms with Gasteiger partial charge in [0.2, 0.25) is 0 Å². The molecule has 0 spiro atoms. The van der Waals surface area contributed by atoms with Crippen LogP contribution in [0, 0.1) is 0 Å². The lowest BCUT2D eigenvalue weighted by Crippen LogP contribution is -2.41. The number of cyclic esters (lactones) is 1. The van der Waals surface area contributed by atoms with E-state index in [1.54, 1.807) is 0 Å². The molecule has 1 saturated heterocycles. The molecule has 0 bridgehead atoms. The van der Waals surface area contributed by atoms with Crippen LogP contribution in [0.5, 0.6) is 0 Å². The summed E-state index contributed by atoms with van der Waals surface area (Å²) in [4.78, 5) is 14.1. The van der Waals surface area contributed by atoms with E-state index in [2.05, 4.69) is 23.1 Å². The van der Waals surface area contributed by atoms with E-state index >= 15 is 0 Å². The minimum absolute atomic E-state index is 0.0570. The minimum Gasteiger partial charge on any atom is -0.461 e. The van der Waals surface area contributed by atoms with Crippen molar-refractivity contribution in [3.8, 4) is 0 Å². The lowest BCUT2D eigenvalue weighted by molar-refractivity contribution is -0.141. The highest BCUT2D eigenvalue weighted by atomic mass is 16.6. The number of fused-ring (bicyclic) bond motifs is 1. The Bertz CT molecular complexity index is 444. The lowest BCUT2D eigenvalue weighted by atomic mass is 9.99. The van der Waals surface area contributed by atoms with Gasteiger partial charge in [0.25, 0.3) is 0 Å². The second-order valence-corrected chi connectivity index (χ2v) is 4.92. The first-order chi connectivity index (χ1) is 8.25. The minimum atomic E-state index is -0.0774. The Morgan fingerprint density at radius 1 is 1.35 bits per heavy atom. The first-order valence-corrected chi connectivity index (χ1v) is 6.31. The molecule has 3 heteroatoms. The Kier molecular flexibility index (Phi) is 2.54. The molecule has 0 N–H and O–H groups in total. The van der Waals surface area contributed by atoms with E-state index in [-0.39, 0.29) is 18.1 Å². The van der Waals surface area contributed by atoms with Crippen LogP contribution in [0.1, 0.15) is 25.3 Å². The second kappa shape index (κ2) is 4.06. The molecule has 0 saturated carbocycles. The predicted molar refractivity (Wildman–Crippen MR) is 66.1 cm³/mol. The van der Waals surface area contributed by atoms with Crippen LogP contribution in [-0.2, 0) is 16.0 Å². The number of carbonyl (C=O) groups excluding carboxylic acids is 1. The van der Waals surface area contributed by atoms with Gasteiger partial charge in [0.15, 0.2) is 0 Å². The molecule has 17 heavy (non-hydrogen) atoms. The van der Waals surface area contributed by atoms with Crippen LogP contribution < -0.4 is 4.90 Å². The number of nitrogens with zero attached hydrogens (tertiary/aromatic N) is 1. The zero-order valence-electron chi connectivity index (χ0n) is 10.1. The van der Waals surface area contributed by atoms with Gasteiger partial charge < -0.3 is 9.64 Å². The van der Waals surface area contributed by atoms with Gasteiger partial charge in [-0.25, -0.2) is 4.79 Å². The number of hydrogen-bond acceptors (Lipinski definition) is 3. The standard InChI is InChI=1S/C14H17NO2/c1-10-9-13(14(16)17-10)15-8-4-6-11-5-2-3-7-12(11)15/h2-3,5,7,10,13H,4,6,8-9H2,1H3/t10-,13+/m0/s1. The Hall–Kier alpha value is -1.51.